The third-order valence-electron chi connectivity index (χ3n) is 3.61. The Morgan fingerprint density at radius 2 is 1.89 bits per heavy atom. The van der Waals surface area contributed by atoms with Gasteiger partial charge in [-0.05, 0) is 43.0 Å². The van der Waals surface area contributed by atoms with Gasteiger partial charge in [-0.15, -0.1) is 0 Å². The first kappa shape index (κ1) is 13.9. The Bertz CT molecular complexity index is 397. The molecule has 4 nitrogen and oxygen atoms in total. The molecule has 3 N–H and O–H groups in total. The first-order chi connectivity index (χ1) is 9.29. The molecule has 1 aliphatic carbocycles. The van der Waals surface area contributed by atoms with Gasteiger partial charge in [0.25, 0.3) is 5.91 Å². The summed E-state index contributed by atoms with van der Waals surface area (Å²) in [7, 11) is 0. The summed E-state index contributed by atoms with van der Waals surface area (Å²) in [5.41, 5.74) is 1.69. The van der Waals surface area contributed by atoms with Crippen LogP contribution in [-0.4, -0.2) is 30.7 Å². The maximum absolute atomic E-state index is 11.6. The first-order valence-corrected chi connectivity index (χ1v) is 7.02. The summed E-state index contributed by atoms with van der Waals surface area (Å²) in [4.78, 5) is 11.6. The van der Waals surface area contributed by atoms with Gasteiger partial charge in [-0.2, -0.15) is 0 Å². The summed E-state index contributed by atoms with van der Waals surface area (Å²) in [6.45, 7) is 1.28. The van der Waals surface area contributed by atoms with E-state index in [9.17, 15) is 4.79 Å². The highest BCUT2D eigenvalue weighted by Crippen LogP contribution is 2.24. The highest BCUT2D eigenvalue weighted by atomic mass is 16.3. The molecule has 0 unspecified atom stereocenters. The molecule has 1 amide bonds. The fraction of sp³-hybridized carbons (Fsp3) is 0.533. The Morgan fingerprint density at radius 3 is 2.53 bits per heavy atom. The summed E-state index contributed by atoms with van der Waals surface area (Å²) < 4.78 is 0. The third kappa shape index (κ3) is 4.24. The van der Waals surface area contributed by atoms with Crippen molar-refractivity contribution in [2.24, 2.45) is 5.92 Å². The van der Waals surface area contributed by atoms with Crippen LogP contribution in [0.2, 0.25) is 0 Å². The lowest BCUT2D eigenvalue weighted by Gasteiger charge is -2.12. The van der Waals surface area contributed by atoms with E-state index in [1.807, 2.05) is 24.3 Å². The normalized spacial score (nSPS) is 15.4. The molecule has 4 heteroatoms. The Hall–Kier alpha value is -1.55. The molecule has 0 heterocycles. The predicted molar refractivity (Wildman–Crippen MR) is 76.3 cm³/mol. The predicted octanol–water partition coefficient (Wildman–Crippen LogP) is 2.01. The molecule has 1 aromatic carbocycles. The Balaban J connectivity index is 1.81. The SMILES string of the molecule is O=C(NCCO)c1ccc(NCC2CCCC2)cc1. The quantitative estimate of drug-likeness (QED) is 0.735. The second-order valence-corrected chi connectivity index (χ2v) is 5.09. The molecule has 0 aromatic heterocycles. The number of aliphatic hydroxyl groups excluding tert-OH is 1. The van der Waals surface area contributed by atoms with E-state index in [-0.39, 0.29) is 12.5 Å². The van der Waals surface area contributed by atoms with E-state index in [0.29, 0.717) is 12.1 Å². The van der Waals surface area contributed by atoms with Crippen LogP contribution in [0.5, 0.6) is 0 Å². The van der Waals surface area contributed by atoms with Crippen molar-refractivity contribution in [3.63, 3.8) is 0 Å². The molecule has 1 aliphatic rings. The van der Waals surface area contributed by atoms with E-state index in [0.717, 1.165) is 18.2 Å². The van der Waals surface area contributed by atoms with Crippen molar-refractivity contribution < 1.29 is 9.90 Å². The highest BCUT2D eigenvalue weighted by molar-refractivity contribution is 5.94. The number of amides is 1. The van der Waals surface area contributed by atoms with Crippen molar-refractivity contribution >= 4 is 11.6 Å². The van der Waals surface area contributed by atoms with Crippen molar-refractivity contribution in [2.75, 3.05) is 25.0 Å². The van der Waals surface area contributed by atoms with Crippen LogP contribution in [-0.2, 0) is 0 Å². The van der Waals surface area contributed by atoms with Gasteiger partial charge < -0.3 is 15.7 Å². The number of anilines is 1. The number of benzene rings is 1. The number of nitrogens with one attached hydrogen (secondary N) is 2. The topological polar surface area (TPSA) is 61.4 Å². The van der Waals surface area contributed by atoms with Crippen molar-refractivity contribution in [3.8, 4) is 0 Å². The van der Waals surface area contributed by atoms with E-state index in [4.69, 9.17) is 5.11 Å². The van der Waals surface area contributed by atoms with Crippen LogP contribution in [0.4, 0.5) is 5.69 Å². The minimum absolute atomic E-state index is 0.0350. The summed E-state index contributed by atoms with van der Waals surface area (Å²) in [6, 6.07) is 7.49. The van der Waals surface area contributed by atoms with E-state index in [2.05, 4.69) is 10.6 Å². The zero-order valence-electron chi connectivity index (χ0n) is 11.2. The van der Waals surface area contributed by atoms with Crippen LogP contribution < -0.4 is 10.6 Å². The van der Waals surface area contributed by atoms with Gasteiger partial charge >= 0.3 is 0 Å². The van der Waals surface area contributed by atoms with Gasteiger partial charge in [0.15, 0.2) is 0 Å². The van der Waals surface area contributed by atoms with E-state index < -0.39 is 0 Å². The van der Waals surface area contributed by atoms with Crippen LogP contribution in [0.1, 0.15) is 36.0 Å². The number of carbonyl (C=O) groups excluding carboxylic acids is 1. The minimum atomic E-state index is -0.142. The largest absolute Gasteiger partial charge is 0.395 e. The van der Waals surface area contributed by atoms with Gasteiger partial charge in [0.1, 0.15) is 0 Å². The van der Waals surface area contributed by atoms with Gasteiger partial charge in [-0.25, -0.2) is 0 Å². The molecule has 2 rings (SSSR count). The van der Waals surface area contributed by atoms with Crippen LogP contribution in [0, 0.1) is 5.92 Å². The molecule has 0 radical (unpaired) electrons. The number of hydrogen-bond donors (Lipinski definition) is 3. The van der Waals surface area contributed by atoms with Crippen LogP contribution in [0.3, 0.4) is 0 Å². The second-order valence-electron chi connectivity index (χ2n) is 5.09. The van der Waals surface area contributed by atoms with Crippen molar-refractivity contribution in [3.05, 3.63) is 29.8 Å². The summed E-state index contributed by atoms with van der Waals surface area (Å²) >= 11 is 0. The Labute approximate surface area is 114 Å². The standard InChI is InChI=1S/C15H22N2O2/c18-10-9-16-15(19)13-5-7-14(8-6-13)17-11-12-3-1-2-4-12/h5-8,12,17-18H,1-4,9-11H2,(H,16,19). The first-order valence-electron chi connectivity index (χ1n) is 7.02. The molecule has 1 aromatic rings. The van der Waals surface area contributed by atoms with Gasteiger partial charge in [0.2, 0.25) is 0 Å². The second kappa shape index (κ2) is 7.14. The fourth-order valence-electron chi connectivity index (χ4n) is 2.49. The van der Waals surface area contributed by atoms with E-state index in [1.165, 1.54) is 25.7 Å². The van der Waals surface area contributed by atoms with Crippen molar-refractivity contribution in [1.82, 2.24) is 5.32 Å². The molecule has 0 aliphatic heterocycles. The molecule has 0 atom stereocenters. The summed E-state index contributed by atoms with van der Waals surface area (Å²) in [6.07, 6.45) is 5.37. The third-order valence-corrected chi connectivity index (χ3v) is 3.61. The number of hydrogen-bond acceptors (Lipinski definition) is 3. The van der Waals surface area contributed by atoms with Gasteiger partial charge in [0, 0.05) is 24.3 Å². The number of carbonyl (C=O) groups is 1. The van der Waals surface area contributed by atoms with Gasteiger partial charge in [0.05, 0.1) is 6.61 Å². The molecule has 19 heavy (non-hydrogen) atoms. The van der Waals surface area contributed by atoms with Crippen molar-refractivity contribution in [1.29, 1.82) is 0 Å². The molecule has 1 saturated carbocycles. The Morgan fingerprint density at radius 1 is 1.21 bits per heavy atom. The van der Waals surface area contributed by atoms with Gasteiger partial charge in [-0.1, -0.05) is 12.8 Å². The monoisotopic (exact) mass is 262 g/mol. The number of aliphatic hydroxyl groups is 1. The van der Waals surface area contributed by atoms with Gasteiger partial charge in [-0.3, -0.25) is 4.79 Å². The Kier molecular flexibility index (Phi) is 5.21. The zero-order valence-corrected chi connectivity index (χ0v) is 11.2. The fourth-order valence-corrected chi connectivity index (χ4v) is 2.49. The van der Waals surface area contributed by atoms with E-state index >= 15 is 0 Å². The maximum Gasteiger partial charge on any atom is 0.251 e. The highest BCUT2D eigenvalue weighted by Gasteiger charge is 2.14. The van der Waals surface area contributed by atoms with Crippen LogP contribution >= 0.6 is 0 Å². The lowest BCUT2D eigenvalue weighted by atomic mass is 10.1. The molecular weight excluding hydrogens is 240 g/mol. The van der Waals surface area contributed by atoms with Crippen LogP contribution in [0.15, 0.2) is 24.3 Å². The lowest BCUT2D eigenvalue weighted by molar-refractivity contribution is 0.0945. The smallest absolute Gasteiger partial charge is 0.251 e. The van der Waals surface area contributed by atoms with Crippen molar-refractivity contribution in [2.45, 2.75) is 25.7 Å². The molecular formula is C15H22N2O2. The summed E-state index contributed by atoms with van der Waals surface area (Å²) in [5.74, 6) is 0.656. The van der Waals surface area contributed by atoms with E-state index in [1.54, 1.807) is 0 Å². The summed E-state index contributed by atoms with van der Waals surface area (Å²) in [5, 5.41) is 14.7. The zero-order chi connectivity index (χ0) is 13.5. The average Bonchev–Trinajstić information content (AvgIpc) is 2.96. The lowest BCUT2D eigenvalue weighted by Crippen LogP contribution is -2.26. The molecule has 0 spiro atoms. The average molecular weight is 262 g/mol. The molecule has 1 fully saturated rings. The number of rotatable bonds is 6. The maximum atomic E-state index is 11.6. The molecule has 0 bridgehead atoms. The minimum Gasteiger partial charge on any atom is -0.395 e. The molecule has 0 saturated heterocycles. The molecule has 104 valence electrons. The van der Waals surface area contributed by atoms with Crippen LogP contribution in [0.25, 0.3) is 0 Å².